The van der Waals surface area contributed by atoms with Gasteiger partial charge in [-0.15, -0.1) is 0 Å². The lowest BCUT2D eigenvalue weighted by molar-refractivity contribution is 0.133. The first-order valence-electron chi connectivity index (χ1n) is 7.21. The molecule has 0 bridgehead atoms. The van der Waals surface area contributed by atoms with Crippen molar-refractivity contribution in [2.45, 2.75) is 38.8 Å². The minimum Gasteiger partial charge on any atom is -0.289 e. The smallest absolute Gasteiger partial charge is 0.145 e. The van der Waals surface area contributed by atoms with Gasteiger partial charge >= 0.3 is 0 Å². The monoisotopic (exact) mass is 347 g/mol. The van der Waals surface area contributed by atoms with E-state index in [4.69, 9.17) is 0 Å². The Bertz CT molecular complexity index is 584. The van der Waals surface area contributed by atoms with Crippen LogP contribution in [0.15, 0.2) is 29.3 Å². The van der Waals surface area contributed by atoms with E-state index in [1.807, 2.05) is 31.7 Å². The summed E-state index contributed by atoms with van der Waals surface area (Å²) in [6.45, 7) is 3.82. The molecule has 1 aliphatic rings. The van der Waals surface area contributed by atoms with Crippen LogP contribution in [0, 0.1) is 6.92 Å². The van der Waals surface area contributed by atoms with Gasteiger partial charge in [0, 0.05) is 36.9 Å². The molecule has 0 aromatic carbocycles. The van der Waals surface area contributed by atoms with Gasteiger partial charge in [-0.2, -0.15) is 0 Å². The van der Waals surface area contributed by atoms with E-state index in [1.54, 1.807) is 0 Å². The maximum Gasteiger partial charge on any atom is 0.145 e. The SMILES string of the molecule is Cc1ncc(CN2CCCCC2c2ncc(Br)cn2)cn1. The van der Waals surface area contributed by atoms with Gasteiger partial charge in [-0.3, -0.25) is 4.90 Å². The molecule has 1 fully saturated rings. The summed E-state index contributed by atoms with van der Waals surface area (Å²) in [5.41, 5.74) is 1.14. The number of rotatable bonds is 3. The van der Waals surface area contributed by atoms with Crippen molar-refractivity contribution in [2.24, 2.45) is 0 Å². The summed E-state index contributed by atoms with van der Waals surface area (Å²) < 4.78 is 0.917. The summed E-state index contributed by atoms with van der Waals surface area (Å²) in [6, 6.07) is 0.285. The van der Waals surface area contributed by atoms with Gasteiger partial charge in [0.1, 0.15) is 11.6 Å². The Labute approximate surface area is 133 Å². The van der Waals surface area contributed by atoms with Crippen molar-refractivity contribution in [1.29, 1.82) is 0 Å². The number of nitrogens with zero attached hydrogens (tertiary/aromatic N) is 5. The second kappa shape index (κ2) is 6.58. The number of aryl methyl sites for hydroxylation is 1. The summed E-state index contributed by atoms with van der Waals surface area (Å²) in [6.07, 6.45) is 11.0. The average Bonchev–Trinajstić information content (AvgIpc) is 2.51. The number of aromatic nitrogens is 4. The van der Waals surface area contributed by atoms with Crippen molar-refractivity contribution < 1.29 is 0 Å². The van der Waals surface area contributed by atoms with Crippen molar-refractivity contribution in [1.82, 2.24) is 24.8 Å². The number of halogens is 1. The van der Waals surface area contributed by atoms with E-state index in [1.165, 1.54) is 12.8 Å². The molecule has 0 radical (unpaired) electrons. The molecule has 2 aromatic heterocycles. The summed E-state index contributed by atoms with van der Waals surface area (Å²) in [4.78, 5) is 19.9. The molecule has 21 heavy (non-hydrogen) atoms. The first-order valence-corrected chi connectivity index (χ1v) is 8.01. The Balaban J connectivity index is 1.77. The van der Waals surface area contributed by atoms with Gasteiger partial charge in [-0.05, 0) is 42.2 Å². The molecule has 3 rings (SSSR count). The van der Waals surface area contributed by atoms with Gasteiger partial charge in [-0.1, -0.05) is 6.42 Å². The van der Waals surface area contributed by atoms with E-state index in [9.17, 15) is 0 Å². The molecule has 1 atom stereocenters. The predicted molar refractivity (Wildman–Crippen MR) is 83.5 cm³/mol. The zero-order valence-electron chi connectivity index (χ0n) is 12.0. The Kier molecular flexibility index (Phi) is 4.55. The molecule has 0 aliphatic carbocycles. The van der Waals surface area contributed by atoms with Gasteiger partial charge in [0.2, 0.25) is 0 Å². The Hall–Kier alpha value is -1.40. The minimum absolute atomic E-state index is 0.285. The third-order valence-corrected chi connectivity index (χ3v) is 4.18. The Morgan fingerprint density at radius 2 is 1.81 bits per heavy atom. The maximum atomic E-state index is 4.48. The molecule has 1 aliphatic heterocycles. The van der Waals surface area contributed by atoms with E-state index in [0.29, 0.717) is 0 Å². The molecule has 110 valence electrons. The Morgan fingerprint density at radius 3 is 2.52 bits per heavy atom. The molecule has 0 spiro atoms. The highest BCUT2D eigenvalue weighted by molar-refractivity contribution is 9.10. The number of hydrogen-bond acceptors (Lipinski definition) is 5. The zero-order valence-corrected chi connectivity index (χ0v) is 13.6. The number of likely N-dealkylation sites (tertiary alicyclic amines) is 1. The largest absolute Gasteiger partial charge is 0.289 e. The van der Waals surface area contributed by atoms with Crippen molar-refractivity contribution >= 4 is 15.9 Å². The van der Waals surface area contributed by atoms with E-state index in [2.05, 4.69) is 40.8 Å². The second-order valence-electron chi connectivity index (χ2n) is 5.38. The summed E-state index contributed by atoms with van der Waals surface area (Å²) in [5.74, 6) is 1.72. The van der Waals surface area contributed by atoms with Crippen LogP contribution in [0.2, 0.25) is 0 Å². The van der Waals surface area contributed by atoms with Crippen LogP contribution < -0.4 is 0 Å². The topological polar surface area (TPSA) is 54.8 Å². The summed E-state index contributed by atoms with van der Waals surface area (Å²) >= 11 is 3.39. The third kappa shape index (κ3) is 3.63. The van der Waals surface area contributed by atoms with E-state index in [0.717, 1.165) is 41.2 Å². The summed E-state index contributed by atoms with van der Waals surface area (Å²) in [5, 5.41) is 0. The Morgan fingerprint density at radius 1 is 1.10 bits per heavy atom. The standard InChI is InChI=1S/C15H18BrN5/c1-11-17-6-12(7-18-11)10-21-5-3-2-4-14(21)15-19-8-13(16)9-20-15/h6-9,14H,2-5,10H2,1H3. The normalized spacial score (nSPS) is 19.6. The number of piperidine rings is 1. The third-order valence-electron chi connectivity index (χ3n) is 3.77. The molecule has 3 heterocycles. The highest BCUT2D eigenvalue weighted by Crippen LogP contribution is 2.30. The molecule has 5 nitrogen and oxygen atoms in total. The fourth-order valence-corrected chi connectivity index (χ4v) is 2.91. The molecule has 2 aromatic rings. The van der Waals surface area contributed by atoms with Gasteiger partial charge in [-0.25, -0.2) is 19.9 Å². The fraction of sp³-hybridized carbons (Fsp3) is 0.467. The molecule has 0 amide bonds. The lowest BCUT2D eigenvalue weighted by atomic mass is 10.0. The van der Waals surface area contributed by atoms with Crippen LogP contribution in [0.3, 0.4) is 0 Å². The lowest BCUT2D eigenvalue weighted by Gasteiger charge is -2.34. The highest BCUT2D eigenvalue weighted by atomic mass is 79.9. The van der Waals surface area contributed by atoms with E-state index < -0.39 is 0 Å². The van der Waals surface area contributed by atoms with E-state index >= 15 is 0 Å². The summed E-state index contributed by atoms with van der Waals surface area (Å²) in [7, 11) is 0. The molecule has 1 unspecified atom stereocenters. The van der Waals surface area contributed by atoms with Gasteiger partial charge in [0.25, 0.3) is 0 Å². The van der Waals surface area contributed by atoms with Crippen LogP contribution in [-0.2, 0) is 6.54 Å². The van der Waals surface area contributed by atoms with Crippen molar-refractivity contribution in [3.05, 3.63) is 46.5 Å². The van der Waals surface area contributed by atoms with Gasteiger partial charge in [0.05, 0.1) is 10.5 Å². The molecule has 6 heteroatoms. The van der Waals surface area contributed by atoms with Crippen LogP contribution >= 0.6 is 15.9 Å². The molecular formula is C15H18BrN5. The fourth-order valence-electron chi connectivity index (χ4n) is 2.70. The highest BCUT2D eigenvalue weighted by Gasteiger charge is 2.26. The zero-order chi connectivity index (χ0) is 14.7. The van der Waals surface area contributed by atoms with Crippen molar-refractivity contribution in [3.8, 4) is 0 Å². The molecule has 0 saturated carbocycles. The maximum absolute atomic E-state index is 4.48. The second-order valence-corrected chi connectivity index (χ2v) is 6.30. The lowest BCUT2D eigenvalue weighted by Crippen LogP contribution is -2.34. The molecule has 1 saturated heterocycles. The van der Waals surface area contributed by atoms with Crippen molar-refractivity contribution in [3.63, 3.8) is 0 Å². The van der Waals surface area contributed by atoms with Crippen LogP contribution in [0.25, 0.3) is 0 Å². The quantitative estimate of drug-likeness (QED) is 0.853. The first kappa shape index (κ1) is 14.5. The van der Waals surface area contributed by atoms with Crippen molar-refractivity contribution in [2.75, 3.05) is 6.54 Å². The molecule has 0 N–H and O–H groups in total. The first-order chi connectivity index (χ1) is 10.2. The average molecular weight is 348 g/mol. The predicted octanol–water partition coefficient (Wildman–Crippen LogP) is 3.06. The van der Waals surface area contributed by atoms with E-state index in [-0.39, 0.29) is 6.04 Å². The van der Waals surface area contributed by atoms with Crippen LogP contribution in [0.5, 0.6) is 0 Å². The minimum atomic E-state index is 0.285. The van der Waals surface area contributed by atoms with Gasteiger partial charge in [0.15, 0.2) is 0 Å². The molecular weight excluding hydrogens is 330 g/mol. The van der Waals surface area contributed by atoms with Crippen LogP contribution in [-0.4, -0.2) is 31.4 Å². The van der Waals surface area contributed by atoms with Crippen LogP contribution in [0.4, 0.5) is 0 Å². The van der Waals surface area contributed by atoms with Gasteiger partial charge < -0.3 is 0 Å². The number of hydrogen-bond donors (Lipinski definition) is 0. The van der Waals surface area contributed by atoms with Crippen LogP contribution in [0.1, 0.15) is 42.5 Å².